The van der Waals surface area contributed by atoms with Crippen molar-refractivity contribution in [2.45, 2.75) is 139 Å². The minimum absolute atomic E-state index is 0.00222. The third-order valence-electron chi connectivity index (χ3n) is 16.2. The highest BCUT2D eigenvalue weighted by molar-refractivity contribution is 7.00. The first-order valence-corrected chi connectivity index (χ1v) is 32.7. The second kappa shape index (κ2) is 27.1. The van der Waals surface area contributed by atoms with E-state index >= 15 is 0 Å². The zero-order valence-corrected chi connectivity index (χ0v) is 50.5. The molecule has 3 saturated heterocycles. The van der Waals surface area contributed by atoms with Gasteiger partial charge in [-0.3, -0.25) is 0 Å². The van der Waals surface area contributed by atoms with Gasteiger partial charge in [-0.1, -0.05) is 242 Å². The summed E-state index contributed by atoms with van der Waals surface area (Å²) in [6.45, 7) is 13.1. The van der Waals surface area contributed by atoms with E-state index in [4.69, 9.17) is 46.7 Å². The fraction of sp³-hybridized carbons (Fsp3) is 0.368. The molecular formula is C68H78O14Si2. The Hall–Kier alpha value is -6.04. The Bertz CT molecular complexity index is 3040. The first-order valence-electron chi connectivity index (χ1n) is 28.9. The molecule has 3 heterocycles. The minimum atomic E-state index is -3.14. The number of carbonyl (C=O) groups excluding carboxylic acids is 1. The van der Waals surface area contributed by atoms with Crippen molar-refractivity contribution in [2.75, 3.05) is 19.8 Å². The number of hydrogen-bond acceptors (Lipinski definition) is 14. The van der Waals surface area contributed by atoms with Crippen molar-refractivity contribution >= 4 is 43.4 Å². The number of esters is 1. The van der Waals surface area contributed by atoms with Gasteiger partial charge in [-0.05, 0) is 54.1 Å². The summed E-state index contributed by atoms with van der Waals surface area (Å²) in [7, 11) is -6.25. The molecule has 12 atom stereocenters. The van der Waals surface area contributed by atoms with Crippen LogP contribution in [0.15, 0.2) is 212 Å². The Labute approximate surface area is 495 Å². The summed E-state index contributed by atoms with van der Waals surface area (Å²) in [4.78, 5) is 13.9. The number of aliphatic hydroxyl groups is 3. The Morgan fingerprint density at radius 1 is 0.417 bits per heavy atom. The maximum absolute atomic E-state index is 13.9. The van der Waals surface area contributed by atoms with Crippen LogP contribution in [0.2, 0.25) is 10.1 Å². The Balaban J connectivity index is 0.934. The molecule has 3 fully saturated rings. The van der Waals surface area contributed by atoms with Gasteiger partial charge in [0, 0.05) is 0 Å². The SMILES string of the molecule is CC(C)(C)[Si](OC[C@H]1O[C@H](OC[C@H]2O[C@H](O)[C@@H](OC(=O)c3ccccc3)[C@@H]2O[C@H]2O[C@H](CO[Si](c3ccccc3)(c3ccccc3)C(C)(C)C)[C@@H](OCc3ccccc3)[C@@H]2O)[C@@H](O)[C@@H]1OCc1ccccc1)(c1ccccc1)c1ccccc1. The number of carbonyl (C=O) groups is 1. The first kappa shape index (κ1) is 61.1. The Morgan fingerprint density at radius 3 is 1.15 bits per heavy atom. The third kappa shape index (κ3) is 13.3. The zero-order chi connectivity index (χ0) is 58.9. The van der Waals surface area contributed by atoms with Crippen molar-refractivity contribution in [3.8, 4) is 0 Å². The van der Waals surface area contributed by atoms with E-state index in [0.29, 0.717) is 0 Å². The van der Waals surface area contributed by atoms with Gasteiger partial charge in [0.25, 0.3) is 16.6 Å². The topological polar surface area (TPSA) is 170 Å². The maximum Gasteiger partial charge on any atom is 0.338 e. The minimum Gasteiger partial charge on any atom is -0.450 e. The van der Waals surface area contributed by atoms with Crippen molar-refractivity contribution < 1.29 is 66.9 Å². The molecule has 7 aromatic rings. The molecule has 3 aliphatic heterocycles. The quantitative estimate of drug-likeness (QED) is 0.0419. The standard InChI is InChI=1S/C68H78O14Si2/c1-67(2,3)83(50-34-20-10-21-35-50,51-36-22-11-23-37-51)76-45-55-59(73-42-47-28-14-7-15-29-47)57(69)65(79-55)75-44-54-61(62(64(72)78-54)81-63(71)49-32-18-9-19-33-49)82-66-58(70)60(74-43-48-30-16-8-17-31-48)56(80-66)46-77-84(68(4,5)6,52-38-24-12-25-39-52)53-40-26-13-27-41-53/h7-41,54-62,64-66,69-70,72H,42-46H2,1-6H3/t54-,55-,56-,57+,58+,59-,60-,61-,62+,64+,65+,66-/m1/s1. The van der Waals surface area contributed by atoms with E-state index in [0.717, 1.165) is 31.9 Å². The molecule has 0 aliphatic carbocycles. The fourth-order valence-corrected chi connectivity index (χ4v) is 21.2. The summed E-state index contributed by atoms with van der Waals surface area (Å²) in [6.07, 6.45) is -14.8. The van der Waals surface area contributed by atoms with Crippen LogP contribution in [0.25, 0.3) is 0 Å². The first-order chi connectivity index (χ1) is 40.6. The lowest BCUT2D eigenvalue weighted by Crippen LogP contribution is -2.67. The Morgan fingerprint density at radius 2 is 0.762 bits per heavy atom. The Kier molecular flexibility index (Phi) is 19.7. The monoisotopic (exact) mass is 1170 g/mol. The van der Waals surface area contributed by atoms with Gasteiger partial charge in [0.05, 0.1) is 38.6 Å². The lowest BCUT2D eigenvalue weighted by molar-refractivity contribution is -0.227. The lowest BCUT2D eigenvalue weighted by Gasteiger charge is -2.43. The molecule has 0 spiro atoms. The number of rotatable bonds is 23. The van der Waals surface area contributed by atoms with Gasteiger partial charge in [0.15, 0.2) is 25.0 Å². The van der Waals surface area contributed by atoms with E-state index in [9.17, 15) is 20.1 Å². The van der Waals surface area contributed by atoms with Crippen LogP contribution in [0.1, 0.15) is 63.0 Å². The molecule has 14 nitrogen and oxygen atoms in total. The van der Waals surface area contributed by atoms with Gasteiger partial charge in [-0.25, -0.2) is 4.79 Å². The van der Waals surface area contributed by atoms with E-state index in [2.05, 4.69) is 90.1 Å². The van der Waals surface area contributed by atoms with Crippen LogP contribution in [0.5, 0.6) is 0 Å². The molecule has 3 N–H and O–H groups in total. The van der Waals surface area contributed by atoms with Crippen LogP contribution in [0, 0.1) is 0 Å². The lowest BCUT2D eigenvalue weighted by atomic mass is 10.1. The molecule has 0 amide bonds. The molecule has 84 heavy (non-hydrogen) atoms. The van der Waals surface area contributed by atoms with Gasteiger partial charge in [0.1, 0.15) is 48.8 Å². The fourth-order valence-electron chi connectivity index (χ4n) is 12.1. The largest absolute Gasteiger partial charge is 0.450 e. The molecule has 0 saturated carbocycles. The smallest absolute Gasteiger partial charge is 0.338 e. The van der Waals surface area contributed by atoms with E-state index < -0.39 is 96.4 Å². The van der Waals surface area contributed by atoms with E-state index in [1.54, 1.807) is 30.3 Å². The van der Waals surface area contributed by atoms with Crippen LogP contribution in [-0.2, 0) is 60.0 Å². The number of hydrogen-bond donors (Lipinski definition) is 3. The van der Waals surface area contributed by atoms with Crippen LogP contribution in [0.3, 0.4) is 0 Å². The predicted molar refractivity (Wildman–Crippen MR) is 324 cm³/mol. The molecule has 7 aromatic carbocycles. The van der Waals surface area contributed by atoms with Gasteiger partial charge in [-0.15, -0.1) is 0 Å². The highest BCUT2D eigenvalue weighted by atomic mass is 28.4. The van der Waals surface area contributed by atoms with Crippen molar-refractivity contribution in [3.05, 3.63) is 229 Å². The summed E-state index contributed by atoms with van der Waals surface area (Å²) in [5.74, 6) is -0.747. The molecule has 0 aromatic heterocycles. The summed E-state index contributed by atoms with van der Waals surface area (Å²) < 4.78 is 66.9. The highest BCUT2D eigenvalue weighted by Crippen LogP contribution is 2.41. The molecular weight excluding hydrogens is 1100 g/mol. The van der Waals surface area contributed by atoms with E-state index in [1.807, 2.05) is 133 Å². The van der Waals surface area contributed by atoms with Crippen LogP contribution in [0.4, 0.5) is 0 Å². The van der Waals surface area contributed by atoms with Gasteiger partial charge < -0.3 is 62.1 Å². The molecule has 10 rings (SSSR count). The number of aliphatic hydroxyl groups excluding tert-OH is 3. The van der Waals surface area contributed by atoms with E-state index in [1.165, 1.54) is 0 Å². The van der Waals surface area contributed by atoms with Crippen molar-refractivity contribution in [1.29, 1.82) is 0 Å². The highest BCUT2D eigenvalue weighted by Gasteiger charge is 2.57. The maximum atomic E-state index is 13.9. The second-order valence-electron chi connectivity index (χ2n) is 23.8. The number of benzene rings is 7. The molecule has 3 aliphatic rings. The van der Waals surface area contributed by atoms with Crippen LogP contribution in [-0.4, -0.2) is 132 Å². The van der Waals surface area contributed by atoms with Crippen LogP contribution < -0.4 is 20.7 Å². The van der Waals surface area contributed by atoms with E-state index in [-0.39, 0.29) is 48.7 Å². The summed E-state index contributed by atoms with van der Waals surface area (Å²) in [5, 5.41) is 40.0. The molecule has 16 heteroatoms. The predicted octanol–water partition coefficient (Wildman–Crippen LogP) is 7.83. The third-order valence-corrected chi connectivity index (χ3v) is 26.2. The van der Waals surface area contributed by atoms with Gasteiger partial charge in [-0.2, -0.15) is 0 Å². The van der Waals surface area contributed by atoms with Gasteiger partial charge in [0.2, 0.25) is 0 Å². The van der Waals surface area contributed by atoms with Crippen molar-refractivity contribution in [1.82, 2.24) is 0 Å². The summed E-state index contributed by atoms with van der Waals surface area (Å²) in [6, 6.07) is 68.6. The molecule has 0 radical (unpaired) electrons. The molecule has 442 valence electrons. The number of ether oxygens (including phenoxy) is 8. The average Bonchev–Trinajstić information content (AvgIpc) is 3.10. The average molecular weight is 1180 g/mol. The zero-order valence-electron chi connectivity index (χ0n) is 48.5. The van der Waals surface area contributed by atoms with Crippen LogP contribution >= 0.6 is 0 Å². The summed E-state index contributed by atoms with van der Waals surface area (Å²) >= 11 is 0. The molecule has 0 unspecified atom stereocenters. The second-order valence-corrected chi connectivity index (χ2v) is 32.4. The van der Waals surface area contributed by atoms with Crippen molar-refractivity contribution in [2.24, 2.45) is 0 Å². The summed E-state index contributed by atoms with van der Waals surface area (Å²) in [5.41, 5.74) is 2.00. The molecule has 0 bridgehead atoms. The van der Waals surface area contributed by atoms with Gasteiger partial charge >= 0.3 is 5.97 Å². The van der Waals surface area contributed by atoms with Crippen molar-refractivity contribution in [3.63, 3.8) is 0 Å². The normalized spacial score (nSPS) is 25.6.